The van der Waals surface area contributed by atoms with Crippen LogP contribution in [0.15, 0.2) is 91.3 Å². The van der Waals surface area contributed by atoms with Crippen LogP contribution in [0.3, 0.4) is 0 Å². The highest BCUT2D eigenvalue weighted by molar-refractivity contribution is 5.59. The Morgan fingerprint density at radius 2 is 1.64 bits per heavy atom. The van der Waals surface area contributed by atoms with E-state index in [-0.39, 0.29) is 5.82 Å². The van der Waals surface area contributed by atoms with Crippen molar-refractivity contribution >= 4 is 0 Å². The lowest BCUT2D eigenvalue weighted by molar-refractivity contribution is -0.141. The van der Waals surface area contributed by atoms with Crippen LogP contribution in [-0.2, 0) is 6.18 Å². The van der Waals surface area contributed by atoms with Crippen LogP contribution in [0.4, 0.5) is 17.6 Å². The fourth-order valence-corrected chi connectivity index (χ4v) is 3.99. The summed E-state index contributed by atoms with van der Waals surface area (Å²) < 4.78 is 53.7. The first-order valence-corrected chi connectivity index (χ1v) is 11.0. The van der Waals surface area contributed by atoms with Gasteiger partial charge >= 0.3 is 6.18 Å². The first kappa shape index (κ1) is 23.3. The van der Waals surface area contributed by atoms with E-state index in [1.165, 1.54) is 18.5 Å². The van der Waals surface area contributed by atoms with Gasteiger partial charge in [0.2, 0.25) is 5.95 Å². The molecular weight excluding hydrogens is 470 g/mol. The lowest BCUT2D eigenvalue weighted by atomic mass is 9.90. The SMILES string of the molecule is Cc1cc(-c2ccc(F)nc2)nc(C(c2ccccc2)c2cccc(-n3ccc(C(F)(F)F)n3)n2)c1. The van der Waals surface area contributed by atoms with Gasteiger partial charge in [0.1, 0.15) is 0 Å². The summed E-state index contributed by atoms with van der Waals surface area (Å²) in [5.74, 6) is -0.752. The van der Waals surface area contributed by atoms with E-state index in [1.54, 1.807) is 24.3 Å². The monoisotopic (exact) mass is 489 g/mol. The van der Waals surface area contributed by atoms with Crippen molar-refractivity contribution < 1.29 is 17.6 Å². The van der Waals surface area contributed by atoms with Gasteiger partial charge in [-0.1, -0.05) is 36.4 Å². The number of hydrogen-bond acceptors (Lipinski definition) is 4. The van der Waals surface area contributed by atoms with E-state index in [0.717, 1.165) is 21.9 Å². The van der Waals surface area contributed by atoms with Crippen LogP contribution in [0.1, 0.15) is 34.1 Å². The highest BCUT2D eigenvalue weighted by Crippen LogP contribution is 2.33. The molecule has 0 bridgehead atoms. The van der Waals surface area contributed by atoms with E-state index in [9.17, 15) is 17.6 Å². The van der Waals surface area contributed by atoms with Gasteiger partial charge in [-0.05, 0) is 60.5 Å². The van der Waals surface area contributed by atoms with Crippen LogP contribution in [0, 0.1) is 12.9 Å². The molecule has 5 nitrogen and oxygen atoms in total. The summed E-state index contributed by atoms with van der Waals surface area (Å²) >= 11 is 0. The quantitative estimate of drug-likeness (QED) is 0.213. The van der Waals surface area contributed by atoms with Crippen molar-refractivity contribution in [1.29, 1.82) is 0 Å². The Balaban J connectivity index is 1.62. The number of rotatable bonds is 5. The molecule has 1 atom stereocenters. The van der Waals surface area contributed by atoms with E-state index in [4.69, 9.17) is 4.98 Å². The van der Waals surface area contributed by atoms with Gasteiger partial charge < -0.3 is 0 Å². The van der Waals surface area contributed by atoms with E-state index in [1.807, 2.05) is 49.4 Å². The minimum absolute atomic E-state index is 0.250. The maximum Gasteiger partial charge on any atom is 0.435 e. The molecular formula is C27H19F4N5. The zero-order valence-corrected chi connectivity index (χ0v) is 19.0. The molecule has 0 aliphatic rings. The summed E-state index contributed by atoms with van der Waals surface area (Å²) in [5, 5.41) is 3.65. The molecule has 5 aromatic rings. The Morgan fingerprint density at radius 1 is 0.833 bits per heavy atom. The number of hydrogen-bond donors (Lipinski definition) is 0. The third-order valence-corrected chi connectivity index (χ3v) is 5.61. The second kappa shape index (κ2) is 9.33. The molecule has 0 aliphatic carbocycles. The van der Waals surface area contributed by atoms with Gasteiger partial charge in [-0.2, -0.15) is 22.7 Å². The van der Waals surface area contributed by atoms with Crippen molar-refractivity contribution in [2.45, 2.75) is 19.0 Å². The Labute approximate surface area is 204 Å². The van der Waals surface area contributed by atoms with Crippen LogP contribution in [0.2, 0.25) is 0 Å². The molecule has 180 valence electrons. The topological polar surface area (TPSA) is 56.5 Å². The van der Waals surface area contributed by atoms with Crippen LogP contribution in [0.5, 0.6) is 0 Å². The van der Waals surface area contributed by atoms with Crippen LogP contribution in [0.25, 0.3) is 17.1 Å². The summed E-state index contributed by atoms with van der Waals surface area (Å²) in [5.41, 5.74) is 3.39. The van der Waals surface area contributed by atoms with Gasteiger partial charge in [0.25, 0.3) is 0 Å². The van der Waals surface area contributed by atoms with Gasteiger partial charge in [-0.25, -0.2) is 14.6 Å². The Kier molecular flexibility index (Phi) is 6.05. The van der Waals surface area contributed by atoms with Crippen LogP contribution in [-0.4, -0.2) is 24.7 Å². The molecule has 0 amide bonds. The maximum atomic E-state index is 13.4. The van der Waals surface area contributed by atoms with Gasteiger partial charge in [0.05, 0.1) is 23.0 Å². The number of aryl methyl sites for hydroxylation is 1. The van der Waals surface area contributed by atoms with Crippen LogP contribution >= 0.6 is 0 Å². The first-order valence-electron chi connectivity index (χ1n) is 11.0. The normalized spacial score (nSPS) is 12.5. The molecule has 0 radical (unpaired) electrons. The van der Waals surface area contributed by atoms with E-state index >= 15 is 0 Å². The number of benzene rings is 1. The molecule has 9 heteroatoms. The molecule has 0 N–H and O–H groups in total. The van der Waals surface area contributed by atoms with Crippen molar-refractivity contribution in [2.75, 3.05) is 0 Å². The van der Waals surface area contributed by atoms with E-state index in [2.05, 4.69) is 15.1 Å². The molecule has 1 unspecified atom stereocenters. The third kappa shape index (κ3) is 4.86. The zero-order valence-electron chi connectivity index (χ0n) is 19.0. The van der Waals surface area contributed by atoms with E-state index in [0.29, 0.717) is 22.6 Å². The van der Waals surface area contributed by atoms with Gasteiger partial charge in [-0.15, -0.1) is 0 Å². The minimum Gasteiger partial charge on any atom is -0.252 e. The number of halogens is 4. The van der Waals surface area contributed by atoms with Crippen molar-refractivity contribution in [1.82, 2.24) is 24.7 Å². The summed E-state index contributed by atoms with van der Waals surface area (Å²) in [6.07, 6.45) is -1.89. The molecule has 5 rings (SSSR count). The second-order valence-electron chi connectivity index (χ2n) is 8.23. The molecule has 0 saturated carbocycles. The standard InChI is InChI=1S/C27H19F4N5/c1-17-14-21(19-10-11-24(28)32-16-19)33-22(15-17)26(18-6-3-2-4-7-18)20-8-5-9-25(34-20)36-13-12-23(35-36)27(29,30)31/h2-16,26H,1H3. The van der Waals surface area contributed by atoms with Crippen molar-refractivity contribution in [2.24, 2.45) is 0 Å². The van der Waals surface area contributed by atoms with Crippen molar-refractivity contribution in [3.8, 4) is 17.1 Å². The summed E-state index contributed by atoms with van der Waals surface area (Å²) in [7, 11) is 0. The fraction of sp³-hybridized carbons (Fsp3) is 0.111. The fourth-order valence-electron chi connectivity index (χ4n) is 3.99. The second-order valence-corrected chi connectivity index (χ2v) is 8.23. The molecule has 1 aromatic carbocycles. The Hall–Kier alpha value is -4.40. The first-order chi connectivity index (χ1) is 17.3. The Bertz CT molecular complexity index is 1500. The van der Waals surface area contributed by atoms with Gasteiger partial charge in [0.15, 0.2) is 11.5 Å². The third-order valence-electron chi connectivity index (χ3n) is 5.61. The number of nitrogens with zero attached hydrogens (tertiary/aromatic N) is 5. The van der Waals surface area contributed by atoms with Crippen molar-refractivity contribution in [3.63, 3.8) is 0 Å². The molecule has 4 heterocycles. The lowest BCUT2D eigenvalue weighted by Gasteiger charge is -2.19. The molecule has 0 aliphatic heterocycles. The molecule has 0 saturated heterocycles. The van der Waals surface area contributed by atoms with Gasteiger partial charge in [-0.3, -0.25) is 4.98 Å². The predicted molar refractivity (Wildman–Crippen MR) is 126 cm³/mol. The average molecular weight is 489 g/mol. The van der Waals surface area contributed by atoms with Crippen molar-refractivity contribution in [3.05, 3.63) is 125 Å². The van der Waals surface area contributed by atoms with Crippen LogP contribution < -0.4 is 0 Å². The number of alkyl halides is 3. The molecule has 4 aromatic heterocycles. The minimum atomic E-state index is -4.55. The largest absolute Gasteiger partial charge is 0.435 e. The average Bonchev–Trinajstić information content (AvgIpc) is 3.37. The number of aromatic nitrogens is 5. The maximum absolute atomic E-state index is 13.4. The molecule has 0 spiro atoms. The highest BCUT2D eigenvalue weighted by atomic mass is 19.4. The smallest absolute Gasteiger partial charge is 0.252 e. The summed E-state index contributed by atoms with van der Waals surface area (Å²) in [6, 6.07) is 22.3. The Morgan fingerprint density at radius 3 is 2.33 bits per heavy atom. The molecule has 36 heavy (non-hydrogen) atoms. The number of pyridine rings is 3. The van der Waals surface area contributed by atoms with E-state index < -0.39 is 23.7 Å². The predicted octanol–water partition coefficient (Wildman–Crippen LogP) is 6.37. The van der Waals surface area contributed by atoms with Gasteiger partial charge in [0, 0.05) is 18.0 Å². The summed E-state index contributed by atoms with van der Waals surface area (Å²) in [4.78, 5) is 13.2. The summed E-state index contributed by atoms with van der Waals surface area (Å²) in [6.45, 7) is 1.93. The zero-order chi connectivity index (χ0) is 25.3. The lowest BCUT2D eigenvalue weighted by Crippen LogP contribution is -2.11. The molecule has 0 fully saturated rings. The highest BCUT2D eigenvalue weighted by Gasteiger charge is 2.33.